The van der Waals surface area contributed by atoms with E-state index in [1.807, 2.05) is 12.1 Å². The fourth-order valence-corrected chi connectivity index (χ4v) is 2.19. The van der Waals surface area contributed by atoms with Crippen molar-refractivity contribution >= 4 is 17.3 Å². The van der Waals surface area contributed by atoms with Gasteiger partial charge in [0.2, 0.25) is 0 Å². The first-order valence-electron chi connectivity index (χ1n) is 5.80. The van der Waals surface area contributed by atoms with Crippen molar-refractivity contribution in [1.82, 2.24) is 9.88 Å². The Balaban J connectivity index is 1.91. The van der Waals surface area contributed by atoms with Crippen LogP contribution < -0.4 is 5.32 Å². The number of nitrogens with zero attached hydrogens (tertiary/aromatic N) is 2. The topological polar surface area (TPSA) is 28.2 Å². The molecule has 3 nitrogen and oxygen atoms in total. The SMILES string of the molecule is CN1CCCC(Nc2ccc(Cl)nc2)CC1. The molecule has 1 saturated heterocycles. The highest BCUT2D eigenvalue weighted by molar-refractivity contribution is 6.29. The summed E-state index contributed by atoms with van der Waals surface area (Å²) >= 11 is 5.75. The molecule has 16 heavy (non-hydrogen) atoms. The van der Waals surface area contributed by atoms with E-state index in [-0.39, 0.29) is 0 Å². The molecule has 0 aromatic carbocycles. The van der Waals surface area contributed by atoms with Gasteiger partial charge in [0.25, 0.3) is 0 Å². The van der Waals surface area contributed by atoms with Crippen LogP contribution in [0.1, 0.15) is 19.3 Å². The molecule has 1 unspecified atom stereocenters. The molecule has 1 aliphatic rings. The number of rotatable bonds is 2. The fourth-order valence-electron chi connectivity index (χ4n) is 2.08. The summed E-state index contributed by atoms with van der Waals surface area (Å²) in [5.74, 6) is 0. The van der Waals surface area contributed by atoms with Gasteiger partial charge in [0.1, 0.15) is 5.15 Å². The zero-order valence-electron chi connectivity index (χ0n) is 9.62. The maximum absolute atomic E-state index is 5.75. The van der Waals surface area contributed by atoms with Gasteiger partial charge in [-0.1, -0.05) is 11.6 Å². The Morgan fingerprint density at radius 2 is 2.25 bits per heavy atom. The predicted octanol–water partition coefficient (Wildman–Crippen LogP) is 2.63. The average molecular weight is 240 g/mol. The molecule has 1 aromatic rings. The maximum Gasteiger partial charge on any atom is 0.129 e. The smallest absolute Gasteiger partial charge is 0.129 e. The number of nitrogens with one attached hydrogen (secondary N) is 1. The Kier molecular flexibility index (Phi) is 4.02. The summed E-state index contributed by atoms with van der Waals surface area (Å²) in [7, 11) is 2.19. The van der Waals surface area contributed by atoms with Crippen LogP contribution in [0.15, 0.2) is 18.3 Å². The Morgan fingerprint density at radius 1 is 1.38 bits per heavy atom. The Labute approximate surface area is 102 Å². The molecule has 1 fully saturated rings. The normalized spacial score (nSPS) is 22.8. The molecule has 0 amide bonds. The van der Waals surface area contributed by atoms with Crippen molar-refractivity contribution in [2.45, 2.75) is 25.3 Å². The quantitative estimate of drug-likeness (QED) is 0.805. The van der Waals surface area contributed by atoms with Gasteiger partial charge in [0.05, 0.1) is 11.9 Å². The average Bonchev–Trinajstić information content (AvgIpc) is 2.47. The van der Waals surface area contributed by atoms with Crippen molar-refractivity contribution in [2.75, 3.05) is 25.5 Å². The van der Waals surface area contributed by atoms with Crippen LogP contribution in [0.2, 0.25) is 5.15 Å². The van der Waals surface area contributed by atoms with E-state index in [4.69, 9.17) is 11.6 Å². The number of hydrogen-bond acceptors (Lipinski definition) is 3. The molecular weight excluding hydrogens is 222 g/mol. The monoisotopic (exact) mass is 239 g/mol. The minimum Gasteiger partial charge on any atom is -0.381 e. The number of aromatic nitrogens is 1. The minimum atomic E-state index is 0.547. The van der Waals surface area contributed by atoms with Gasteiger partial charge >= 0.3 is 0 Å². The molecule has 0 saturated carbocycles. The summed E-state index contributed by atoms with van der Waals surface area (Å²) in [5.41, 5.74) is 1.07. The lowest BCUT2D eigenvalue weighted by atomic mass is 10.1. The Bertz CT molecular complexity index is 326. The maximum atomic E-state index is 5.75. The van der Waals surface area contributed by atoms with E-state index < -0.39 is 0 Å². The molecule has 1 aromatic heterocycles. The lowest BCUT2D eigenvalue weighted by Crippen LogP contribution is -2.22. The lowest BCUT2D eigenvalue weighted by molar-refractivity contribution is 0.348. The van der Waals surface area contributed by atoms with Gasteiger partial charge in [-0.2, -0.15) is 0 Å². The van der Waals surface area contributed by atoms with Crippen LogP contribution in [-0.2, 0) is 0 Å². The second-order valence-corrected chi connectivity index (χ2v) is 4.83. The van der Waals surface area contributed by atoms with Crippen molar-refractivity contribution in [3.8, 4) is 0 Å². The van der Waals surface area contributed by atoms with Crippen LogP contribution in [0.5, 0.6) is 0 Å². The summed E-state index contributed by atoms with van der Waals surface area (Å²) < 4.78 is 0. The number of hydrogen-bond donors (Lipinski definition) is 1. The fraction of sp³-hybridized carbons (Fsp3) is 0.583. The summed E-state index contributed by atoms with van der Waals surface area (Å²) in [6.07, 6.45) is 5.48. The van der Waals surface area contributed by atoms with Crippen LogP contribution in [0, 0.1) is 0 Å². The van der Waals surface area contributed by atoms with Gasteiger partial charge in [-0.15, -0.1) is 0 Å². The molecular formula is C12H18ClN3. The van der Waals surface area contributed by atoms with Crippen molar-refractivity contribution in [2.24, 2.45) is 0 Å². The molecule has 1 atom stereocenters. The predicted molar refractivity (Wildman–Crippen MR) is 68.0 cm³/mol. The van der Waals surface area contributed by atoms with Gasteiger partial charge in [0.15, 0.2) is 0 Å². The van der Waals surface area contributed by atoms with Crippen LogP contribution in [0.4, 0.5) is 5.69 Å². The highest BCUT2D eigenvalue weighted by atomic mass is 35.5. The molecule has 2 rings (SSSR count). The summed E-state index contributed by atoms with van der Waals surface area (Å²) in [5, 5.41) is 4.07. The highest BCUT2D eigenvalue weighted by Gasteiger charge is 2.14. The molecule has 0 spiro atoms. The third-order valence-corrected chi connectivity index (χ3v) is 3.27. The van der Waals surface area contributed by atoms with E-state index >= 15 is 0 Å². The molecule has 0 radical (unpaired) electrons. The minimum absolute atomic E-state index is 0.547. The van der Waals surface area contributed by atoms with Crippen LogP contribution >= 0.6 is 11.6 Å². The first-order chi connectivity index (χ1) is 7.74. The summed E-state index contributed by atoms with van der Waals surface area (Å²) in [4.78, 5) is 6.47. The standard InChI is InChI=1S/C12H18ClN3/c1-16-7-2-3-10(6-8-16)15-11-4-5-12(13)14-9-11/h4-5,9-10,15H,2-3,6-8H2,1H3. The van der Waals surface area contributed by atoms with Crippen molar-refractivity contribution in [1.29, 1.82) is 0 Å². The third-order valence-electron chi connectivity index (χ3n) is 3.05. The molecule has 1 N–H and O–H groups in total. The van der Waals surface area contributed by atoms with Crippen LogP contribution in [0.3, 0.4) is 0 Å². The second kappa shape index (κ2) is 5.51. The summed E-state index contributed by atoms with van der Waals surface area (Å²) in [6.45, 7) is 2.37. The Hall–Kier alpha value is -0.800. The van der Waals surface area contributed by atoms with Gasteiger partial charge in [-0.3, -0.25) is 0 Å². The molecule has 1 aliphatic heterocycles. The lowest BCUT2D eigenvalue weighted by Gasteiger charge is -2.17. The van der Waals surface area contributed by atoms with E-state index in [0.717, 1.165) is 5.69 Å². The molecule has 0 aliphatic carbocycles. The number of anilines is 1. The van der Waals surface area contributed by atoms with Gasteiger partial charge in [-0.05, 0) is 51.5 Å². The molecule has 2 heterocycles. The van der Waals surface area contributed by atoms with E-state index in [1.54, 1.807) is 6.20 Å². The van der Waals surface area contributed by atoms with E-state index in [1.165, 1.54) is 32.4 Å². The molecule has 0 bridgehead atoms. The summed E-state index contributed by atoms with van der Waals surface area (Å²) in [6, 6.07) is 4.38. The Morgan fingerprint density at radius 3 is 3.00 bits per heavy atom. The van der Waals surface area contributed by atoms with Gasteiger partial charge in [0, 0.05) is 6.04 Å². The first-order valence-corrected chi connectivity index (χ1v) is 6.18. The third kappa shape index (κ3) is 3.35. The zero-order valence-corrected chi connectivity index (χ0v) is 10.4. The van der Waals surface area contributed by atoms with Crippen LogP contribution in [-0.4, -0.2) is 36.1 Å². The molecule has 4 heteroatoms. The van der Waals surface area contributed by atoms with E-state index in [2.05, 4.69) is 22.2 Å². The molecule has 88 valence electrons. The number of likely N-dealkylation sites (tertiary alicyclic amines) is 1. The zero-order chi connectivity index (χ0) is 11.4. The number of pyridine rings is 1. The first kappa shape index (κ1) is 11.7. The largest absolute Gasteiger partial charge is 0.381 e. The van der Waals surface area contributed by atoms with Crippen molar-refractivity contribution in [3.05, 3.63) is 23.5 Å². The van der Waals surface area contributed by atoms with Gasteiger partial charge < -0.3 is 10.2 Å². The van der Waals surface area contributed by atoms with Crippen molar-refractivity contribution < 1.29 is 0 Å². The van der Waals surface area contributed by atoms with Crippen molar-refractivity contribution in [3.63, 3.8) is 0 Å². The van der Waals surface area contributed by atoms with Gasteiger partial charge in [-0.25, -0.2) is 4.98 Å². The van der Waals surface area contributed by atoms with E-state index in [0.29, 0.717) is 11.2 Å². The second-order valence-electron chi connectivity index (χ2n) is 4.45. The van der Waals surface area contributed by atoms with E-state index in [9.17, 15) is 0 Å². The highest BCUT2D eigenvalue weighted by Crippen LogP contribution is 2.16. The number of halogens is 1. The van der Waals surface area contributed by atoms with Crippen LogP contribution in [0.25, 0.3) is 0 Å².